The molecule has 0 amide bonds. The van der Waals surface area contributed by atoms with Gasteiger partial charge in [0.15, 0.2) is 0 Å². The maximum absolute atomic E-state index is 11.3. The lowest BCUT2D eigenvalue weighted by atomic mass is 10.1. The van der Waals surface area contributed by atoms with Gasteiger partial charge in [0, 0.05) is 17.7 Å². The minimum Gasteiger partial charge on any atom is -0.491 e. The molecular formula is C17H18N2O3. The highest BCUT2D eigenvalue weighted by Crippen LogP contribution is 2.24. The zero-order valence-electron chi connectivity index (χ0n) is 12.0. The van der Waals surface area contributed by atoms with Crippen LogP contribution < -0.4 is 16.2 Å². The van der Waals surface area contributed by atoms with Gasteiger partial charge in [-0.1, -0.05) is 30.3 Å². The number of benzene rings is 2. The number of anilines is 2. The highest BCUT2D eigenvalue weighted by atomic mass is 16.5. The average molecular weight is 298 g/mol. The Bertz CT molecular complexity index is 682. The van der Waals surface area contributed by atoms with Crippen LogP contribution in [0.25, 0.3) is 6.08 Å². The molecule has 5 heteroatoms. The van der Waals surface area contributed by atoms with Gasteiger partial charge in [-0.25, -0.2) is 4.79 Å². The van der Waals surface area contributed by atoms with Crippen molar-refractivity contribution in [3.63, 3.8) is 0 Å². The van der Waals surface area contributed by atoms with Crippen LogP contribution in [0.2, 0.25) is 0 Å². The third-order valence-corrected chi connectivity index (χ3v) is 3.08. The molecule has 0 aliphatic carbocycles. The molecule has 0 unspecified atom stereocenters. The van der Waals surface area contributed by atoms with Crippen molar-refractivity contribution in [1.82, 2.24) is 0 Å². The number of nitrogen functional groups attached to an aromatic ring is 2. The van der Waals surface area contributed by atoms with Crippen molar-refractivity contribution in [2.75, 3.05) is 18.1 Å². The van der Waals surface area contributed by atoms with E-state index >= 15 is 0 Å². The summed E-state index contributed by atoms with van der Waals surface area (Å²) in [5, 5.41) is 9.26. The van der Waals surface area contributed by atoms with E-state index in [1.165, 1.54) is 0 Å². The summed E-state index contributed by atoms with van der Waals surface area (Å²) in [5.74, 6) is -0.462. The Labute approximate surface area is 128 Å². The minimum atomic E-state index is -0.960. The minimum absolute atomic E-state index is 0.221. The van der Waals surface area contributed by atoms with E-state index in [0.717, 1.165) is 5.56 Å². The second-order valence-corrected chi connectivity index (χ2v) is 4.78. The lowest BCUT2D eigenvalue weighted by Gasteiger charge is -2.09. The molecule has 0 atom stereocenters. The van der Waals surface area contributed by atoms with E-state index in [9.17, 15) is 9.90 Å². The number of hydrogen-bond acceptors (Lipinski definition) is 4. The van der Waals surface area contributed by atoms with Gasteiger partial charge in [0.05, 0.1) is 12.3 Å². The molecule has 0 heterocycles. The molecule has 2 rings (SSSR count). The molecule has 2 aromatic rings. The smallest absolute Gasteiger partial charge is 0.331 e. The number of hydrogen-bond donors (Lipinski definition) is 3. The normalized spacial score (nSPS) is 11.2. The molecule has 5 N–H and O–H groups in total. The topological polar surface area (TPSA) is 98.6 Å². The third kappa shape index (κ3) is 4.28. The Kier molecular flexibility index (Phi) is 5.03. The van der Waals surface area contributed by atoms with E-state index in [-0.39, 0.29) is 18.6 Å². The van der Waals surface area contributed by atoms with Gasteiger partial charge in [-0.15, -0.1) is 0 Å². The molecule has 0 aromatic heterocycles. The van der Waals surface area contributed by atoms with Crippen molar-refractivity contribution in [3.05, 3.63) is 59.7 Å². The number of carboxylic acids is 1. The summed E-state index contributed by atoms with van der Waals surface area (Å²) in [5.41, 5.74) is 13.5. The first-order valence-corrected chi connectivity index (χ1v) is 6.83. The molecule has 22 heavy (non-hydrogen) atoms. The Morgan fingerprint density at radius 3 is 2.50 bits per heavy atom. The quantitative estimate of drug-likeness (QED) is 0.562. The number of ether oxygens (including phenoxy) is 1. The van der Waals surface area contributed by atoms with Gasteiger partial charge >= 0.3 is 5.97 Å². The predicted octanol–water partition coefficient (Wildman–Crippen LogP) is 2.79. The highest BCUT2D eigenvalue weighted by Gasteiger charge is 2.08. The highest BCUT2D eigenvalue weighted by molar-refractivity contribution is 5.92. The number of carboxylic acid groups (broad SMARTS) is 1. The molecule has 0 bridgehead atoms. The molecule has 0 spiro atoms. The molecule has 0 aliphatic rings. The summed E-state index contributed by atoms with van der Waals surface area (Å²) in [6.07, 6.45) is 1.91. The Morgan fingerprint density at radius 2 is 1.86 bits per heavy atom. The fourth-order valence-electron chi connectivity index (χ4n) is 1.96. The molecule has 114 valence electrons. The summed E-state index contributed by atoms with van der Waals surface area (Å²) in [6, 6.07) is 14.3. The van der Waals surface area contributed by atoms with E-state index in [1.807, 2.05) is 30.3 Å². The lowest BCUT2D eigenvalue weighted by Crippen LogP contribution is -2.07. The van der Waals surface area contributed by atoms with Crippen LogP contribution in [0.1, 0.15) is 12.0 Å². The molecule has 0 saturated carbocycles. The van der Waals surface area contributed by atoms with E-state index in [1.54, 1.807) is 24.3 Å². The monoisotopic (exact) mass is 298 g/mol. The molecular weight excluding hydrogens is 280 g/mol. The first-order valence-electron chi connectivity index (χ1n) is 6.83. The fourth-order valence-corrected chi connectivity index (χ4v) is 1.96. The summed E-state index contributed by atoms with van der Waals surface area (Å²) in [7, 11) is 0. The first-order chi connectivity index (χ1) is 10.6. The van der Waals surface area contributed by atoms with Crippen molar-refractivity contribution < 1.29 is 14.6 Å². The van der Waals surface area contributed by atoms with Crippen LogP contribution in [0, 0.1) is 0 Å². The zero-order valence-corrected chi connectivity index (χ0v) is 12.0. The average Bonchev–Trinajstić information content (AvgIpc) is 2.49. The van der Waals surface area contributed by atoms with Gasteiger partial charge in [-0.2, -0.15) is 0 Å². The maximum Gasteiger partial charge on any atom is 0.331 e. The molecule has 0 aliphatic heterocycles. The number of nitrogens with two attached hydrogens (primary N) is 2. The zero-order chi connectivity index (χ0) is 15.9. The number of aliphatic carboxylic acids is 1. The van der Waals surface area contributed by atoms with Gasteiger partial charge in [-0.05, 0) is 29.8 Å². The van der Waals surface area contributed by atoms with Crippen molar-refractivity contribution in [1.29, 1.82) is 0 Å². The van der Waals surface area contributed by atoms with Crippen molar-refractivity contribution in [2.45, 2.75) is 6.42 Å². The van der Waals surface area contributed by atoms with E-state index in [2.05, 4.69) is 0 Å². The van der Waals surface area contributed by atoms with E-state index in [0.29, 0.717) is 17.1 Å². The SMILES string of the molecule is Nc1ccc(OCCC(=Cc2ccccc2)C(=O)O)c(N)c1. The predicted molar refractivity (Wildman–Crippen MR) is 87.4 cm³/mol. The van der Waals surface area contributed by atoms with Gasteiger partial charge < -0.3 is 21.3 Å². The van der Waals surface area contributed by atoms with Crippen LogP contribution in [-0.4, -0.2) is 17.7 Å². The van der Waals surface area contributed by atoms with Gasteiger partial charge in [0.2, 0.25) is 0 Å². The molecule has 0 saturated heterocycles. The van der Waals surface area contributed by atoms with Crippen LogP contribution in [0.4, 0.5) is 11.4 Å². The second-order valence-electron chi connectivity index (χ2n) is 4.78. The Morgan fingerprint density at radius 1 is 1.14 bits per heavy atom. The van der Waals surface area contributed by atoms with Crippen LogP contribution in [0.3, 0.4) is 0 Å². The Balaban J connectivity index is 2.01. The number of carbonyl (C=O) groups is 1. The van der Waals surface area contributed by atoms with Gasteiger partial charge in [-0.3, -0.25) is 0 Å². The summed E-state index contributed by atoms with van der Waals surface area (Å²) < 4.78 is 5.53. The summed E-state index contributed by atoms with van der Waals surface area (Å²) in [4.78, 5) is 11.3. The van der Waals surface area contributed by atoms with Crippen LogP contribution in [0.5, 0.6) is 5.75 Å². The maximum atomic E-state index is 11.3. The first kappa shape index (κ1) is 15.4. The van der Waals surface area contributed by atoms with Crippen molar-refractivity contribution in [3.8, 4) is 5.75 Å². The van der Waals surface area contributed by atoms with Crippen molar-refractivity contribution in [2.24, 2.45) is 0 Å². The standard InChI is InChI=1S/C17H18N2O3/c18-14-6-7-16(15(19)11-14)22-9-8-13(17(20)21)10-12-4-2-1-3-5-12/h1-7,10-11H,8-9,18-19H2,(H,20,21). The molecule has 0 radical (unpaired) electrons. The van der Waals surface area contributed by atoms with Crippen LogP contribution in [0.15, 0.2) is 54.1 Å². The lowest BCUT2D eigenvalue weighted by molar-refractivity contribution is -0.132. The number of rotatable bonds is 6. The third-order valence-electron chi connectivity index (χ3n) is 3.08. The van der Waals surface area contributed by atoms with Crippen LogP contribution in [-0.2, 0) is 4.79 Å². The molecule has 5 nitrogen and oxygen atoms in total. The van der Waals surface area contributed by atoms with Gasteiger partial charge in [0.25, 0.3) is 0 Å². The fraction of sp³-hybridized carbons (Fsp3) is 0.118. The van der Waals surface area contributed by atoms with Crippen LogP contribution >= 0.6 is 0 Å². The molecule has 0 fully saturated rings. The Hall–Kier alpha value is -2.95. The summed E-state index contributed by atoms with van der Waals surface area (Å²) in [6.45, 7) is 0.221. The molecule has 2 aromatic carbocycles. The largest absolute Gasteiger partial charge is 0.491 e. The summed E-state index contributed by atoms with van der Waals surface area (Å²) >= 11 is 0. The second kappa shape index (κ2) is 7.17. The van der Waals surface area contributed by atoms with E-state index in [4.69, 9.17) is 16.2 Å². The van der Waals surface area contributed by atoms with E-state index < -0.39 is 5.97 Å². The van der Waals surface area contributed by atoms with Gasteiger partial charge in [0.1, 0.15) is 5.75 Å². The van der Waals surface area contributed by atoms with Crippen molar-refractivity contribution >= 4 is 23.4 Å².